The monoisotopic (exact) mass is 278 g/mol. The molecule has 1 N–H and O–H groups in total. The van der Waals surface area contributed by atoms with Crippen LogP contribution in [-0.2, 0) is 0 Å². The molecule has 0 aromatic heterocycles. The van der Waals surface area contributed by atoms with Gasteiger partial charge < -0.3 is 5.32 Å². The van der Waals surface area contributed by atoms with E-state index in [0.717, 1.165) is 23.4 Å². The van der Waals surface area contributed by atoms with Crippen LogP contribution < -0.4 is 5.32 Å². The van der Waals surface area contributed by atoms with Crippen LogP contribution in [0, 0.1) is 5.92 Å². The normalized spacial score (nSPS) is 29.7. The summed E-state index contributed by atoms with van der Waals surface area (Å²) < 4.78 is 0. The SMILES string of the molecule is c1ccc(C2CSC(=NCC3CCSC3)N2)cc1. The van der Waals surface area contributed by atoms with Gasteiger partial charge in [-0.05, 0) is 29.4 Å². The van der Waals surface area contributed by atoms with Gasteiger partial charge in [-0.25, -0.2) is 0 Å². The molecule has 2 nitrogen and oxygen atoms in total. The van der Waals surface area contributed by atoms with E-state index in [9.17, 15) is 0 Å². The molecule has 0 bridgehead atoms. The summed E-state index contributed by atoms with van der Waals surface area (Å²) in [7, 11) is 0. The zero-order chi connectivity index (χ0) is 12.2. The molecule has 2 heterocycles. The predicted octanol–water partition coefficient (Wildman–Crippen LogP) is 3.17. The first-order valence-corrected chi connectivity index (χ1v) is 8.62. The summed E-state index contributed by atoms with van der Waals surface area (Å²) in [6.45, 7) is 1.00. The highest BCUT2D eigenvalue weighted by Crippen LogP contribution is 2.27. The molecule has 4 heteroatoms. The van der Waals surface area contributed by atoms with Gasteiger partial charge >= 0.3 is 0 Å². The van der Waals surface area contributed by atoms with Gasteiger partial charge in [-0.1, -0.05) is 42.1 Å². The maximum absolute atomic E-state index is 4.74. The maximum atomic E-state index is 4.74. The third kappa shape index (κ3) is 3.04. The lowest BCUT2D eigenvalue weighted by Crippen LogP contribution is -2.20. The van der Waals surface area contributed by atoms with Crippen LogP contribution in [0.25, 0.3) is 0 Å². The third-order valence-electron chi connectivity index (χ3n) is 3.40. The fourth-order valence-electron chi connectivity index (χ4n) is 2.29. The number of aliphatic imine (C=N–C) groups is 1. The van der Waals surface area contributed by atoms with Crippen LogP contribution in [0.5, 0.6) is 0 Å². The topological polar surface area (TPSA) is 24.4 Å². The zero-order valence-electron chi connectivity index (χ0n) is 10.3. The number of thioether (sulfide) groups is 2. The van der Waals surface area contributed by atoms with Gasteiger partial charge in [0.05, 0.1) is 6.04 Å². The molecule has 0 amide bonds. The maximum Gasteiger partial charge on any atom is 0.157 e. The minimum Gasteiger partial charge on any atom is -0.357 e. The number of hydrogen-bond donors (Lipinski definition) is 1. The molecular formula is C14H18N2S2. The van der Waals surface area contributed by atoms with E-state index in [-0.39, 0.29) is 0 Å². The lowest BCUT2D eigenvalue weighted by Gasteiger charge is -2.10. The first kappa shape index (κ1) is 12.4. The smallest absolute Gasteiger partial charge is 0.157 e. The van der Waals surface area contributed by atoms with E-state index in [1.165, 1.54) is 23.5 Å². The van der Waals surface area contributed by atoms with Crippen molar-refractivity contribution in [3.63, 3.8) is 0 Å². The van der Waals surface area contributed by atoms with E-state index >= 15 is 0 Å². The summed E-state index contributed by atoms with van der Waals surface area (Å²) in [5.74, 6) is 4.52. The Kier molecular flexibility index (Phi) is 4.16. The summed E-state index contributed by atoms with van der Waals surface area (Å²) in [5.41, 5.74) is 1.37. The summed E-state index contributed by atoms with van der Waals surface area (Å²) in [6, 6.07) is 11.1. The standard InChI is InChI=1S/C14H18N2S2/c1-2-4-12(5-3-1)13-10-18-14(16-13)15-8-11-6-7-17-9-11/h1-5,11,13H,6-10H2,(H,15,16). The fourth-order valence-corrected chi connectivity index (χ4v) is 4.55. The van der Waals surface area contributed by atoms with Crippen LogP contribution in [0.3, 0.4) is 0 Å². The van der Waals surface area contributed by atoms with E-state index in [2.05, 4.69) is 47.4 Å². The van der Waals surface area contributed by atoms with Gasteiger partial charge in [0, 0.05) is 12.3 Å². The van der Waals surface area contributed by atoms with Gasteiger partial charge in [-0.2, -0.15) is 11.8 Å². The molecule has 96 valence electrons. The van der Waals surface area contributed by atoms with E-state index in [1.54, 1.807) is 0 Å². The number of nitrogens with one attached hydrogen (secondary N) is 1. The molecule has 2 unspecified atom stereocenters. The molecule has 2 atom stereocenters. The minimum absolute atomic E-state index is 0.438. The molecule has 2 saturated heterocycles. The summed E-state index contributed by atoms with van der Waals surface area (Å²) in [4.78, 5) is 4.74. The van der Waals surface area contributed by atoms with Crippen molar-refractivity contribution < 1.29 is 0 Å². The molecule has 2 fully saturated rings. The van der Waals surface area contributed by atoms with E-state index in [4.69, 9.17) is 4.99 Å². The highest BCUT2D eigenvalue weighted by atomic mass is 32.2. The number of amidine groups is 1. The molecule has 1 aromatic carbocycles. The molecule has 0 aliphatic carbocycles. The van der Waals surface area contributed by atoms with Crippen molar-refractivity contribution in [3.05, 3.63) is 35.9 Å². The molecule has 2 aliphatic heterocycles. The second-order valence-electron chi connectivity index (χ2n) is 4.79. The van der Waals surface area contributed by atoms with Gasteiger partial charge in [0.1, 0.15) is 0 Å². The van der Waals surface area contributed by atoms with Crippen LogP contribution in [0.1, 0.15) is 18.0 Å². The van der Waals surface area contributed by atoms with Gasteiger partial charge in [0.2, 0.25) is 0 Å². The van der Waals surface area contributed by atoms with Crippen LogP contribution in [0.15, 0.2) is 35.3 Å². The third-order valence-corrected chi connectivity index (χ3v) is 5.66. The van der Waals surface area contributed by atoms with Gasteiger partial charge in [0.25, 0.3) is 0 Å². The molecule has 2 aliphatic rings. The van der Waals surface area contributed by atoms with Crippen molar-refractivity contribution in [2.24, 2.45) is 10.9 Å². The lowest BCUT2D eigenvalue weighted by atomic mass is 10.1. The van der Waals surface area contributed by atoms with Gasteiger partial charge in [-0.15, -0.1) is 0 Å². The Morgan fingerprint density at radius 2 is 2.11 bits per heavy atom. The summed E-state index contributed by atoms with van der Waals surface area (Å²) >= 11 is 3.93. The van der Waals surface area contributed by atoms with Crippen LogP contribution >= 0.6 is 23.5 Å². The molecule has 0 spiro atoms. The predicted molar refractivity (Wildman–Crippen MR) is 82.5 cm³/mol. The molecule has 0 radical (unpaired) electrons. The Morgan fingerprint density at radius 3 is 2.89 bits per heavy atom. The number of benzene rings is 1. The Morgan fingerprint density at radius 1 is 1.22 bits per heavy atom. The fraction of sp³-hybridized carbons (Fsp3) is 0.500. The largest absolute Gasteiger partial charge is 0.357 e. The first-order chi connectivity index (χ1) is 8.92. The Hall–Kier alpha value is -0.610. The Labute approximate surface area is 117 Å². The Balaban J connectivity index is 1.56. The summed E-state index contributed by atoms with van der Waals surface area (Å²) in [6.07, 6.45) is 1.34. The van der Waals surface area contributed by atoms with E-state index in [1.807, 2.05) is 11.8 Å². The second kappa shape index (κ2) is 6.02. The number of nitrogens with zero attached hydrogens (tertiary/aromatic N) is 1. The number of hydrogen-bond acceptors (Lipinski definition) is 3. The molecule has 3 rings (SSSR count). The van der Waals surface area contributed by atoms with Gasteiger partial charge in [0.15, 0.2) is 5.17 Å². The average molecular weight is 278 g/mol. The minimum atomic E-state index is 0.438. The van der Waals surface area contributed by atoms with Crippen molar-refractivity contribution in [1.29, 1.82) is 0 Å². The quantitative estimate of drug-likeness (QED) is 0.919. The van der Waals surface area contributed by atoms with Crippen LogP contribution in [-0.4, -0.2) is 29.0 Å². The van der Waals surface area contributed by atoms with E-state index < -0.39 is 0 Å². The molecule has 1 aromatic rings. The highest BCUT2D eigenvalue weighted by molar-refractivity contribution is 8.14. The average Bonchev–Trinajstić information content (AvgIpc) is 3.09. The first-order valence-electron chi connectivity index (χ1n) is 6.48. The Bertz CT molecular complexity index is 413. The zero-order valence-corrected chi connectivity index (χ0v) is 12.0. The molecular weight excluding hydrogens is 260 g/mol. The van der Waals surface area contributed by atoms with Crippen LogP contribution in [0.2, 0.25) is 0 Å². The van der Waals surface area contributed by atoms with Gasteiger partial charge in [-0.3, -0.25) is 4.99 Å². The number of rotatable bonds is 3. The van der Waals surface area contributed by atoms with Crippen LogP contribution in [0.4, 0.5) is 0 Å². The molecule has 0 saturated carbocycles. The van der Waals surface area contributed by atoms with Crippen molar-refractivity contribution >= 4 is 28.7 Å². The van der Waals surface area contributed by atoms with Crippen molar-refractivity contribution in [1.82, 2.24) is 5.32 Å². The van der Waals surface area contributed by atoms with E-state index in [0.29, 0.717) is 6.04 Å². The highest BCUT2D eigenvalue weighted by Gasteiger charge is 2.22. The van der Waals surface area contributed by atoms with Crippen molar-refractivity contribution in [2.45, 2.75) is 12.5 Å². The second-order valence-corrected chi connectivity index (χ2v) is 6.95. The molecule has 18 heavy (non-hydrogen) atoms. The van der Waals surface area contributed by atoms with Crippen molar-refractivity contribution in [3.8, 4) is 0 Å². The van der Waals surface area contributed by atoms with Crippen molar-refractivity contribution in [2.75, 3.05) is 23.8 Å². The lowest BCUT2D eigenvalue weighted by molar-refractivity contribution is 0.611. The summed E-state index contributed by atoms with van der Waals surface area (Å²) in [5, 5.41) is 4.68.